The number of ketones is 2. The molecular formula is C53H55Cl2NO2S2. The van der Waals surface area contributed by atoms with Crippen LogP contribution in [0.5, 0.6) is 0 Å². The van der Waals surface area contributed by atoms with Gasteiger partial charge in [-0.3, -0.25) is 9.59 Å². The third kappa shape index (κ3) is 8.16. The summed E-state index contributed by atoms with van der Waals surface area (Å²) in [5.74, 6) is 0.128. The number of carbonyl (C=O) groups excluding carboxylic acids is 2. The highest BCUT2D eigenvalue weighted by molar-refractivity contribution is 7.21. The van der Waals surface area contributed by atoms with E-state index < -0.39 is 21.7 Å². The fraction of sp³-hybridized carbons (Fsp3) is 0.340. The number of carbonyl (C=O) groups is 2. The number of benzene rings is 2. The van der Waals surface area contributed by atoms with Crippen LogP contribution in [-0.2, 0) is 9.59 Å². The highest BCUT2D eigenvalue weighted by atomic mass is 35.5. The van der Waals surface area contributed by atoms with Crippen molar-refractivity contribution in [3.63, 3.8) is 0 Å². The van der Waals surface area contributed by atoms with Gasteiger partial charge in [0.1, 0.15) is 0 Å². The Morgan fingerprint density at radius 1 is 0.500 bits per heavy atom. The molecule has 3 nitrogen and oxygen atoms in total. The zero-order valence-corrected chi connectivity index (χ0v) is 40.5. The molecule has 2 aliphatic rings. The van der Waals surface area contributed by atoms with E-state index in [9.17, 15) is 9.59 Å². The summed E-state index contributed by atoms with van der Waals surface area (Å²) in [6.45, 7) is 29.3. The van der Waals surface area contributed by atoms with Gasteiger partial charge in [0.2, 0.25) is 0 Å². The molecule has 0 bridgehead atoms. The van der Waals surface area contributed by atoms with Crippen molar-refractivity contribution in [2.24, 2.45) is 21.7 Å². The number of allylic oxidation sites excluding steroid dienone is 10. The van der Waals surface area contributed by atoms with Gasteiger partial charge < -0.3 is 0 Å². The average Bonchev–Trinajstić information content (AvgIpc) is 3.61. The molecule has 0 atom stereocenters. The van der Waals surface area contributed by atoms with E-state index in [0.29, 0.717) is 21.4 Å². The number of halogens is 2. The van der Waals surface area contributed by atoms with E-state index in [-0.39, 0.29) is 11.6 Å². The first kappa shape index (κ1) is 43.9. The standard InChI is InChI=1S/C53H55Cl2NO2S2/c1-28-18-20-32-40(22-28)59-48(44(32)54)42(30-24-34(50(3,4)5)46(57)35(25-30)51(6,7)8)38-16-15-17-39(56-38)43(49-45(55)33-21-19-29(2)23-41(33)60-49)31-26-36(52(9,10)11)47(58)37(27-31)53(12,13)14/h15-27H,1-14H3. The van der Waals surface area contributed by atoms with Gasteiger partial charge in [-0.05, 0) is 106 Å². The van der Waals surface area contributed by atoms with Crippen LogP contribution in [0.2, 0.25) is 10.0 Å². The Morgan fingerprint density at radius 3 is 1.12 bits per heavy atom. The zero-order valence-electron chi connectivity index (χ0n) is 37.3. The third-order valence-electron chi connectivity index (χ3n) is 11.3. The average molecular weight is 873 g/mol. The Hall–Kier alpha value is -4.13. The van der Waals surface area contributed by atoms with Crippen LogP contribution in [0.3, 0.4) is 0 Å². The minimum absolute atomic E-state index is 0.0641. The van der Waals surface area contributed by atoms with E-state index >= 15 is 0 Å². The van der Waals surface area contributed by atoms with Crippen molar-refractivity contribution in [3.05, 3.63) is 155 Å². The summed E-state index contributed by atoms with van der Waals surface area (Å²) in [6.07, 6.45) is 8.23. The van der Waals surface area contributed by atoms with E-state index in [1.54, 1.807) is 22.7 Å². The van der Waals surface area contributed by atoms with Crippen LogP contribution in [-0.4, -0.2) is 16.6 Å². The lowest BCUT2D eigenvalue weighted by Crippen LogP contribution is -2.28. The number of Topliss-reactive ketones (excluding diaryl/α,β-unsaturated/α-hetero) is 2. The van der Waals surface area contributed by atoms with Gasteiger partial charge in [0.15, 0.2) is 11.6 Å². The van der Waals surface area contributed by atoms with E-state index in [4.69, 9.17) is 28.2 Å². The molecule has 0 amide bonds. The van der Waals surface area contributed by atoms with Crippen LogP contribution in [0.1, 0.15) is 115 Å². The molecule has 0 radical (unpaired) electrons. The van der Waals surface area contributed by atoms with Crippen molar-refractivity contribution in [1.82, 2.24) is 4.98 Å². The molecule has 2 aliphatic carbocycles. The van der Waals surface area contributed by atoms with Crippen molar-refractivity contribution in [2.75, 3.05) is 0 Å². The van der Waals surface area contributed by atoms with Gasteiger partial charge in [-0.15, -0.1) is 22.7 Å². The van der Waals surface area contributed by atoms with Gasteiger partial charge in [0.05, 0.1) is 31.2 Å². The lowest BCUT2D eigenvalue weighted by molar-refractivity contribution is -0.114. The smallest absolute Gasteiger partial charge is 0.186 e. The first-order valence-corrected chi connectivity index (χ1v) is 23.0. The maximum absolute atomic E-state index is 14.3. The number of pyridine rings is 1. The predicted octanol–water partition coefficient (Wildman–Crippen LogP) is 16.1. The van der Waals surface area contributed by atoms with E-state index in [2.05, 4.69) is 158 Å². The maximum Gasteiger partial charge on any atom is 0.186 e. The topological polar surface area (TPSA) is 47.0 Å². The maximum atomic E-state index is 14.3. The molecule has 3 aromatic heterocycles. The molecule has 7 rings (SSSR count). The molecule has 0 aliphatic heterocycles. The monoisotopic (exact) mass is 871 g/mol. The summed E-state index contributed by atoms with van der Waals surface area (Å²) in [7, 11) is 0. The molecule has 0 fully saturated rings. The van der Waals surface area contributed by atoms with Crippen LogP contribution in [0.4, 0.5) is 0 Å². The third-order valence-corrected chi connectivity index (χ3v) is 14.6. The van der Waals surface area contributed by atoms with Gasteiger partial charge >= 0.3 is 0 Å². The van der Waals surface area contributed by atoms with Crippen molar-refractivity contribution in [1.29, 1.82) is 0 Å². The fourth-order valence-corrected chi connectivity index (χ4v) is 11.3. The molecule has 310 valence electrons. The van der Waals surface area contributed by atoms with Crippen LogP contribution in [0.25, 0.3) is 31.3 Å². The Morgan fingerprint density at radius 2 is 0.817 bits per heavy atom. The van der Waals surface area contributed by atoms with Gasteiger partial charge in [0, 0.05) is 53.6 Å². The number of nitrogens with zero attached hydrogens (tertiary/aromatic N) is 1. The Labute approximate surface area is 374 Å². The van der Waals surface area contributed by atoms with Crippen LogP contribution < -0.4 is 0 Å². The molecule has 0 saturated carbocycles. The van der Waals surface area contributed by atoms with E-state index in [1.807, 2.05) is 18.2 Å². The van der Waals surface area contributed by atoms with E-state index in [1.165, 1.54) is 0 Å². The number of thiophene rings is 2. The minimum atomic E-state index is -0.422. The lowest BCUT2D eigenvalue weighted by Gasteiger charge is -2.32. The van der Waals surface area contributed by atoms with Crippen molar-refractivity contribution >= 4 is 88.8 Å². The molecule has 5 aromatic rings. The summed E-state index contributed by atoms with van der Waals surface area (Å²) in [4.78, 5) is 35.9. The van der Waals surface area contributed by atoms with Crippen LogP contribution in [0.15, 0.2) is 112 Å². The van der Waals surface area contributed by atoms with E-state index in [0.717, 1.165) is 85.6 Å². The van der Waals surface area contributed by atoms with Crippen molar-refractivity contribution in [3.8, 4) is 0 Å². The number of hydrogen-bond acceptors (Lipinski definition) is 5. The van der Waals surface area contributed by atoms with Gasteiger partial charge in [-0.25, -0.2) is 4.98 Å². The number of rotatable bonds is 4. The highest BCUT2D eigenvalue weighted by Gasteiger charge is 2.37. The molecule has 60 heavy (non-hydrogen) atoms. The summed E-state index contributed by atoms with van der Waals surface area (Å²) < 4.78 is 2.16. The summed E-state index contributed by atoms with van der Waals surface area (Å²) in [6, 6.07) is 18.8. The SMILES string of the molecule is Cc1ccc2c(Cl)c(C(=C3C=C(C(C)(C)C)C(=O)C(C(C)(C)C)=C3)c3cccc(C(=C4C=C(C(C)(C)C)C(=O)C(C(C)(C)C)=C4)c4sc5cc(C)ccc5c4Cl)n3)sc2c1. The molecular weight excluding hydrogens is 818 g/mol. The van der Waals surface area contributed by atoms with Crippen LogP contribution >= 0.6 is 45.9 Å². The summed E-state index contributed by atoms with van der Waals surface area (Å²) in [5.41, 5.74) is 8.51. The highest BCUT2D eigenvalue weighted by Crippen LogP contribution is 2.49. The summed E-state index contributed by atoms with van der Waals surface area (Å²) in [5, 5.41) is 3.26. The zero-order chi connectivity index (χ0) is 44.0. The Balaban J connectivity index is 1.63. The molecule has 0 unspecified atom stereocenters. The largest absolute Gasteiger partial charge is 0.289 e. The summed E-state index contributed by atoms with van der Waals surface area (Å²) >= 11 is 18.2. The Bertz CT molecular complexity index is 2590. The number of aromatic nitrogens is 1. The number of aryl methyl sites for hydroxylation is 2. The fourth-order valence-electron chi connectivity index (χ4n) is 7.94. The Kier molecular flexibility index (Phi) is 11.2. The van der Waals surface area contributed by atoms with Gasteiger partial charge in [-0.2, -0.15) is 0 Å². The lowest BCUT2D eigenvalue weighted by atomic mass is 9.71. The van der Waals surface area contributed by atoms with Crippen LogP contribution in [0, 0.1) is 35.5 Å². The molecule has 0 spiro atoms. The second kappa shape index (κ2) is 15.3. The normalized spacial score (nSPS) is 15.7. The first-order chi connectivity index (χ1) is 27.8. The molecule has 0 N–H and O–H groups in total. The number of fused-ring (bicyclic) bond motifs is 2. The molecule has 2 aromatic carbocycles. The molecule has 0 saturated heterocycles. The predicted molar refractivity (Wildman–Crippen MR) is 260 cm³/mol. The van der Waals surface area contributed by atoms with Crippen molar-refractivity contribution < 1.29 is 9.59 Å². The number of hydrogen-bond donors (Lipinski definition) is 0. The second-order valence-electron chi connectivity index (χ2n) is 20.4. The quantitative estimate of drug-likeness (QED) is 0.181. The second-order valence-corrected chi connectivity index (χ2v) is 23.3. The first-order valence-electron chi connectivity index (χ1n) is 20.6. The van der Waals surface area contributed by atoms with Gasteiger partial charge in [0.25, 0.3) is 0 Å². The minimum Gasteiger partial charge on any atom is -0.289 e. The molecule has 3 heterocycles. The van der Waals surface area contributed by atoms with Gasteiger partial charge in [-0.1, -0.05) is 137 Å². The van der Waals surface area contributed by atoms with Crippen molar-refractivity contribution in [2.45, 2.75) is 96.9 Å². The molecule has 7 heteroatoms.